The lowest BCUT2D eigenvalue weighted by Gasteiger charge is -2.35. The topological polar surface area (TPSA) is 87.5 Å². The molecule has 0 saturated carbocycles. The molecule has 1 fully saturated rings. The number of nitrogens with two attached hydrogens (primary N) is 1. The maximum Gasteiger partial charge on any atom is 0.243 e. The summed E-state index contributed by atoms with van der Waals surface area (Å²) in [5.74, 6) is -0.140. The highest BCUT2D eigenvalue weighted by Gasteiger charge is 2.43. The lowest BCUT2D eigenvalue weighted by Crippen LogP contribution is -2.56. The summed E-state index contributed by atoms with van der Waals surface area (Å²) in [7, 11) is 1.79. The van der Waals surface area contributed by atoms with Crippen molar-refractivity contribution in [2.24, 2.45) is 11.1 Å². The van der Waals surface area contributed by atoms with Gasteiger partial charge in [0.25, 0.3) is 0 Å². The molecule has 1 aliphatic carbocycles. The monoisotopic (exact) mass is 386 g/mol. The fourth-order valence-electron chi connectivity index (χ4n) is 4.63. The molecular formula is C22H34N4O2. The van der Waals surface area contributed by atoms with Crippen LogP contribution in [0.25, 0.3) is 0 Å². The van der Waals surface area contributed by atoms with Crippen molar-refractivity contribution < 1.29 is 9.59 Å². The predicted octanol–water partition coefficient (Wildman–Crippen LogP) is 1.74. The van der Waals surface area contributed by atoms with Crippen LogP contribution in [0.4, 0.5) is 0 Å². The van der Waals surface area contributed by atoms with Crippen LogP contribution < -0.4 is 16.4 Å². The number of amides is 2. The Balaban J connectivity index is 1.76. The van der Waals surface area contributed by atoms with Crippen molar-refractivity contribution in [3.63, 3.8) is 0 Å². The van der Waals surface area contributed by atoms with Crippen molar-refractivity contribution in [2.75, 3.05) is 13.6 Å². The van der Waals surface area contributed by atoms with Crippen molar-refractivity contribution in [2.45, 2.75) is 70.6 Å². The van der Waals surface area contributed by atoms with Gasteiger partial charge in [0.05, 0.1) is 12.1 Å². The Morgan fingerprint density at radius 1 is 1.25 bits per heavy atom. The Labute approximate surface area is 168 Å². The van der Waals surface area contributed by atoms with Crippen molar-refractivity contribution in [1.29, 1.82) is 0 Å². The molecule has 0 radical (unpaired) electrons. The molecule has 154 valence electrons. The van der Waals surface area contributed by atoms with Crippen molar-refractivity contribution in [3.8, 4) is 0 Å². The Morgan fingerprint density at radius 2 is 1.96 bits per heavy atom. The second-order valence-corrected chi connectivity index (χ2v) is 9.24. The maximum atomic E-state index is 13.2. The van der Waals surface area contributed by atoms with Crippen LogP contribution in [0.5, 0.6) is 0 Å². The van der Waals surface area contributed by atoms with Crippen molar-refractivity contribution in [3.05, 3.63) is 35.4 Å². The molecule has 6 nitrogen and oxygen atoms in total. The van der Waals surface area contributed by atoms with Gasteiger partial charge in [0.2, 0.25) is 11.8 Å². The quantitative estimate of drug-likeness (QED) is 0.736. The molecule has 1 aromatic rings. The molecule has 4 N–H and O–H groups in total. The predicted molar refractivity (Wildman–Crippen MR) is 111 cm³/mol. The molecule has 6 heteroatoms. The van der Waals surface area contributed by atoms with E-state index < -0.39 is 6.04 Å². The van der Waals surface area contributed by atoms with Crippen LogP contribution >= 0.6 is 0 Å². The molecule has 3 rings (SSSR count). The molecule has 4 atom stereocenters. The first-order chi connectivity index (χ1) is 13.2. The minimum atomic E-state index is -0.505. The first kappa shape index (κ1) is 20.8. The molecule has 1 aliphatic heterocycles. The van der Waals surface area contributed by atoms with Gasteiger partial charge < -0.3 is 21.3 Å². The Bertz CT molecular complexity index is 727. The highest BCUT2D eigenvalue weighted by molar-refractivity contribution is 5.91. The van der Waals surface area contributed by atoms with E-state index in [9.17, 15) is 9.59 Å². The van der Waals surface area contributed by atoms with Crippen LogP contribution in [0.1, 0.15) is 57.2 Å². The van der Waals surface area contributed by atoms with Gasteiger partial charge >= 0.3 is 0 Å². The lowest BCUT2D eigenvalue weighted by atomic mass is 9.85. The normalized spacial score (nSPS) is 25.9. The lowest BCUT2D eigenvalue weighted by molar-refractivity contribution is -0.142. The SMILES string of the molecule is CNC(C(=O)N1C[C@@H](N)C[C@H]1C(=O)N[C@@H]1CCCc2ccccc21)C(C)(C)C. The van der Waals surface area contributed by atoms with Crippen molar-refractivity contribution >= 4 is 11.8 Å². The average Bonchev–Trinajstić information content (AvgIpc) is 3.03. The third-order valence-electron chi connectivity index (χ3n) is 6.01. The number of aryl methyl sites for hydroxylation is 1. The fraction of sp³-hybridized carbons (Fsp3) is 0.636. The molecule has 2 aliphatic rings. The zero-order valence-corrected chi connectivity index (χ0v) is 17.5. The van der Waals surface area contributed by atoms with Gasteiger partial charge in [-0.2, -0.15) is 0 Å². The molecule has 0 spiro atoms. The number of carbonyl (C=O) groups is 2. The smallest absolute Gasteiger partial charge is 0.243 e. The summed E-state index contributed by atoms with van der Waals surface area (Å²) in [6.07, 6.45) is 3.54. The molecule has 1 heterocycles. The van der Waals surface area contributed by atoms with Crippen LogP contribution in [0.2, 0.25) is 0 Å². The molecule has 1 aromatic carbocycles. The average molecular weight is 387 g/mol. The number of hydrogen-bond donors (Lipinski definition) is 3. The van der Waals surface area contributed by atoms with E-state index in [4.69, 9.17) is 5.73 Å². The van der Waals surface area contributed by atoms with Crippen LogP contribution in [-0.4, -0.2) is 48.4 Å². The van der Waals surface area contributed by atoms with Gasteiger partial charge in [-0.1, -0.05) is 45.0 Å². The van der Waals surface area contributed by atoms with Gasteiger partial charge in [-0.05, 0) is 49.3 Å². The Hall–Kier alpha value is -1.92. The third-order valence-corrected chi connectivity index (χ3v) is 6.01. The minimum absolute atomic E-state index is 0.00828. The van der Waals surface area contributed by atoms with Crippen LogP contribution in [0.3, 0.4) is 0 Å². The number of nitrogens with one attached hydrogen (secondary N) is 2. The first-order valence-corrected chi connectivity index (χ1v) is 10.3. The van der Waals surface area contributed by atoms with Gasteiger partial charge in [0.15, 0.2) is 0 Å². The van der Waals surface area contributed by atoms with Gasteiger partial charge in [-0.3, -0.25) is 9.59 Å². The summed E-state index contributed by atoms with van der Waals surface area (Å²) >= 11 is 0. The second-order valence-electron chi connectivity index (χ2n) is 9.24. The van der Waals surface area contributed by atoms with Crippen LogP contribution in [0.15, 0.2) is 24.3 Å². The van der Waals surface area contributed by atoms with Gasteiger partial charge in [0.1, 0.15) is 6.04 Å². The van der Waals surface area contributed by atoms with Crippen molar-refractivity contribution in [1.82, 2.24) is 15.5 Å². The van der Waals surface area contributed by atoms with E-state index in [1.165, 1.54) is 11.1 Å². The standard InChI is InChI=1S/C22H34N4O2/c1-22(2,3)19(24-4)21(28)26-13-15(23)12-18(26)20(27)25-17-11-7-9-14-8-5-6-10-16(14)17/h5-6,8,10,15,17-19,24H,7,9,11-13,23H2,1-4H3,(H,25,27)/t15-,17+,18-,19?/m0/s1. The highest BCUT2D eigenvalue weighted by Crippen LogP contribution is 2.31. The summed E-state index contributed by atoms with van der Waals surface area (Å²) in [4.78, 5) is 28.0. The maximum absolute atomic E-state index is 13.2. The molecule has 2 amide bonds. The third kappa shape index (κ3) is 4.23. The molecule has 0 aromatic heterocycles. The van der Waals surface area contributed by atoms with E-state index >= 15 is 0 Å². The number of fused-ring (bicyclic) bond motifs is 1. The number of rotatable bonds is 4. The number of benzene rings is 1. The number of nitrogens with zero attached hydrogens (tertiary/aromatic N) is 1. The van der Waals surface area contributed by atoms with E-state index in [1.54, 1.807) is 11.9 Å². The van der Waals surface area contributed by atoms with E-state index in [0.717, 1.165) is 19.3 Å². The van der Waals surface area contributed by atoms with Crippen LogP contribution in [-0.2, 0) is 16.0 Å². The first-order valence-electron chi connectivity index (χ1n) is 10.3. The zero-order chi connectivity index (χ0) is 20.5. The van der Waals surface area contributed by atoms with E-state index in [1.807, 2.05) is 32.9 Å². The molecule has 0 bridgehead atoms. The summed E-state index contributed by atoms with van der Waals surface area (Å²) in [5, 5.41) is 6.33. The Kier molecular flexibility index (Phi) is 6.10. The largest absolute Gasteiger partial charge is 0.347 e. The molecule has 1 unspecified atom stereocenters. The van der Waals surface area contributed by atoms with Gasteiger partial charge in [-0.25, -0.2) is 0 Å². The van der Waals surface area contributed by atoms with E-state index in [2.05, 4.69) is 22.8 Å². The molecular weight excluding hydrogens is 352 g/mol. The number of likely N-dealkylation sites (N-methyl/N-ethyl adjacent to an activating group) is 1. The summed E-state index contributed by atoms with van der Waals surface area (Å²) in [5.41, 5.74) is 8.41. The summed E-state index contributed by atoms with van der Waals surface area (Å²) < 4.78 is 0. The number of carbonyl (C=O) groups excluding carboxylic acids is 2. The van der Waals surface area contributed by atoms with Gasteiger partial charge in [-0.15, -0.1) is 0 Å². The molecule has 1 saturated heterocycles. The number of hydrogen-bond acceptors (Lipinski definition) is 4. The summed E-state index contributed by atoms with van der Waals surface area (Å²) in [6, 6.07) is 7.27. The molecule has 28 heavy (non-hydrogen) atoms. The van der Waals surface area contributed by atoms with E-state index in [0.29, 0.717) is 13.0 Å². The van der Waals surface area contributed by atoms with Crippen LogP contribution in [0, 0.1) is 5.41 Å². The van der Waals surface area contributed by atoms with E-state index in [-0.39, 0.29) is 35.4 Å². The zero-order valence-electron chi connectivity index (χ0n) is 17.5. The summed E-state index contributed by atoms with van der Waals surface area (Å²) in [6.45, 7) is 6.49. The Morgan fingerprint density at radius 3 is 2.64 bits per heavy atom. The van der Waals surface area contributed by atoms with Gasteiger partial charge in [0, 0.05) is 12.6 Å². The fourth-order valence-corrected chi connectivity index (χ4v) is 4.63. The number of likely N-dealkylation sites (tertiary alicyclic amines) is 1. The second kappa shape index (κ2) is 8.21. The minimum Gasteiger partial charge on any atom is -0.347 e. The highest BCUT2D eigenvalue weighted by atomic mass is 16.2.